The van der Waals surface area contributed by atoms with E-state index >= 15 is 0 Å². The van der Waals surface area contributed by atoms with Crippen LogP contribution in [0.5, 0.6) is 0 Å². The molecule has 0 rings (SSSR count). The van der Waals surface area contributed by atoms with Gasteiger partial charge in [-0.2, -0.15) is 0 Å². The van der Waals surface area contributed by atoms with Crippen LogP contribution in [0.1, 0.15) is 13.8 Å². The van der Waals surface area contributed by atoms with Gasteiger partial charge in [0, 0.05) is 0 Å². The number of nitrogens with two attached hydrogens (primary N) is 1. The van der Waals surface area contributed by atoms with Crippen LogP contribution in [-0.4, -0.2) is 0 Å². The van der Waals surface area contributed by atoms with Crippen molar-refractivity contribution in [3.05, 3.63) is 11.5 Å². The molecule has 7 heavy (non-hydrogen) atoms. The zero-order chi connectivity index (χ0) is 5.15. The van der Waals surface area contributed by atoms with Crippen LogP contribution in [0.4, 0.5) is 0 Å². The average Bonchev–Trinajstić information content (AvgIpc) is 1.36. The molecule has 0 aliphatic carbocycles. The van der Waals surface area contributed by atoms with Crippen molar-refractivity contribution in [2.45, 2.75) is 13.8 Å². The minimum absolute atomic E-state index is 0. The molecule has 0 aliphatic rings. The van der Waals surface area contributed by atoms with Crippen LogP contribution in [-0.2, 0) is 0 Å². The molecule has 0 unspecified atom stereocenters. The molecule has 0 saturated heterocycles. The van der Waals surface area contributed by atoms with Crippen molar-refractivity contribution in [1.82, 2.24) is 0 Å². The minimum Gasteiger partial charge on any atom is -0.861 e. The van der Waals surface area contributed by atoms with Gasteiger partial charge >= 0.3 is 18.9 Å². The number of hydrogen-bond acceptors (Lipinski definition) is 2. The first-order chi connectivity index (χ1) is 2.64. The fraction of sp³-hybridized carbons (Fsp3) is 0.500. The Hall–Kier alpha value is -0.0626. The predicted octanol–water partition coefficient (Wildman–Crippen LogP) is -3.44. The Kier molecular flexibility index (Phi) is 5.88. The van der Waals surface area contributed by atoms with Crippen molar-refractivity contribution in [2.75, 3.05) is 0 Å². The number of hydrogen-bond donors (Lipinski definition) is 1. The molecule has 0 saturated carbocycles. The van der Waals surface area contributed by atoms with E-state index in [4.69, 9.17) is 5.73 Å². The van der Waals surface area contributed by atoms with Crippen LogP contribution >= 0.6 is 0 Å². The Balaban J connectivity index is 0. The molecule has 36 valence electrons. The molecule has 0 heterocycles. The van der Waals surface area contributed by atoms with E-state index in [2.05, 4.69) is 0 Å². The summed E-state index contributed by atoms with van der Waals surface area (Å²) >= 11 is 0. The van der Waals surface area contributed by atoms with Crippen LogP contribution < -0.4 is 29.7 Å². The molecule has 0 amide bonds. The van der Waals surface area contributed by atoms with Gasteiger partial charge in [-0.3, -0.25) is 0 Å². The monoisotopic (exact) mass is 93.1 g/mol. The van der Waals surface area contributed by atoms with Gasteiger partial charge in [-0.1, -0.05) is 5.57 Å². The van der Waals surface area contributed by atoms with Gasteiger partial charge in [-0.05, 0) is 19.7 Å². The van der Waals surface area contributed by atoms with Crippen LogP contribution in [0.15, 0.2) is 11.5 Å². The first-order valence-electron chi connectivity index (χ1n) is 1.74. The van der Waals surface area contributed by atoms with Gasteiger partial charge in [-0.25, -0.2) is 0 Å². The maximum atomic E-state index is 9.88. The molecule has 2 nitrogen and oxygen atoms in total. The van der Waals surface area contributed by atoms with Gasteiger partial charge < -0.3 is 10.8 Å². The summed E-state index contributed by atoms with van der Waals surface area (Å²) in [6.45, 7) is 3.37. The SMILES string of the molecule is CC(C)=C(N)[O-].[Li+]. The molecule has 0 aromatic heterocycles. The minimum atomic E-state index is -0.324. The van der Waals surface area contributed by atoms with Crippen LogP contribution in [0.25, 0.3) is 0 Å². The second-order valence-corrected chi connectivity index (χ2v) is 1.36. The Labute approximate surface area is 55.6 Å². The third kappa shape index (κ3) is 5.94. The average molecular weight is 93.1 g/mol. The molecule has 0 aromatic carbocycles. The molecule has 0 fully saturated rings. The van der Waals surface area contributed by atoms with Crippen LogP contribution in [0, 0.1) is 0 Å². The molecular formula is C4H8LiNO. The van der Waals surface area contributed by atoms with E-state index in [9.17, 15) is 5.11 Å². The largest absolute Gasteiger partial charge is 1.00 e. The fourth-order valence-corrected chi connectivity index (χ4v) is 0. The quantitative estimate of drug-likeness (QED) is 0.250. The summed E-state index contributed by atoms with van der Waals surface area (Å²) in [5.74, 6) is -0.324. The van der Waals surface area contributed by atoms with Crippen LogP contribution in [0.3, 0.4) is 0 Å². The smallest absolute Gasteiger partial charge is 0.861 e. The Morgan fingerprint density at radius 2 is 1.57 bits per heavy atom. The van der Waals surface area contributed by atoms with Gasteiger partial charge in [0.1, 0.15) is 0 Å². The van der Waals surface area contributed by atoms with E-state index in [1.54, 1.807) is 13.8 Å². The second-order valence-electron chi connectivity index (χ2n) is 1.36. The fourth-order valence-electron chi connectivity index (χ4n) is 0. The maximum Gasteiger partial charge on any atom is 1.00 e. The van der Waals surface area contributed by atoms with Gasteiger partial charge in [0.05, 0.1) is 0 Å². The molecule has 0 spiro atoms. The van der Waals surface area contributed by atoms with E-state index < -0.39 is 0 Å². The Morgan fingerprint density at radius 3 is 1.57 bits per heavy atom. The van der Waals surface area contributed by atoms with Crippen molar-refractivity contribution in [3.8, 4) is 0 Å². The summed E-state index contributed by atoms with van der Waals surface area (Å²) in [7, 11) is 0. The Bertz CT molecular complexity index is 61.8. The van der Waals surface area contributed by atoms with Crippen LogP contribution in [0.2, 0.25) is 0 Å². The Morgan fingerprint density at radius 1 is 1.43 bits per heavy atom. The summed E-state index contributed by atoms with van der Waals surface area (Å²) in [6.07, 6.45) is 0. The van der Waals surface area contributed by atoms with Gasteiger partial charge in [0.2, 0.25) is 0 Å². The summed E-state index contributed by atoms with van der Waals surface area (Å²) in [6, 6.07) is 0. The standard InChI is InChI=1S/C4H9NO.Li/c1-3(2)4(5)6;/h6H,5H2,1-2H3;/q;+1/p-1. The third-order valence-electron chi connectivity index (χ3n) is 0.493. The summed E-state index contributed by atoms with van der Waals surface area (Å²) in [5, 5.41) is 9.88. The summed E-state index contributed by atoms with van der Waals surface area (Å²) < 4.78 is 0. The third-order valence-corrected chi connectivity index (χ3v) is 0.493. The number of rotatable bonds is 0. The van der Waals surface area contributed by atoms with E-state index in [0.717, 1.165) is 0 Å². The maximum absolute atomic E-state index is 9.88. The van der Waals surface area contributed by atoms with Crippen molar-refractivity contribution < 1.29 is 24.0 Å². The molecule has 0 aromatic rings. The predicted molar refractivity (Wildman–Crippen MR) is 22.6 cm³/mol. The first-order valence-corrected chi connectivity index (χ1v) is 1.74. The van der Waals surface area contributed by atoms with Crippen molar-refractivity contribution in [1.29, 1.82) is 0 Å². The molecule has 0 atom stereocenters. The van der Waals surface area contributed by atoms with E-state index in [1.165, 1.54) is 0 Å². The zero-order valence-electron chi connectivity index (χ0n) is 4.99. The van der Waals surface area contributed by atoms with Crippen molar-refractivity contribution in [3.63, 3.8) is 0 Å². The number of allylic oxidation sites excluding steroid dienone is 1. The van der Waals surface area contributed by atoms with Crippen molar-refractivity contribution in [2.24, 2.45) is 5.73 Å². The topological polar surface area (TPSA) is 49.1 Å². The molecular weight excluding hydrogens is 85.0 g/mol. The molecule has 0 aliphatic heterocycles. The van der Waals surface area contributed by atoms with Crippen molar-refractivity contribution >= 4 is 0 Å². The van der Waals surface area contributed by atoms with E-state index in [1.807, 2.05) is 0 Å². The van der Waals surface area contributed by atoms with Gasteiger partial charge in [-0.15, -0.1) is 0 Å². The van der Waals surface area contributed by atoms with Gasteiger partial charge in [0.15, 0.2) is 0 Å². The zero-order valence-corrected chi connectivity index (χ0v) is 4.99. The summed E-state index contributed by atoms with van der Waals surface area (Å²) in [4.78, 5) is 0. The second kappa shape index (κ2) is 4.11. The molecule has 0 radical (unpaired) electrons. The molecule has 0 bridgehead atoms. The molecule has 3 heteroatoms. The first kappa shape index (κ1) is 10.0. The van der Waals surface area contributed by atoms with E-state index in [-0.39, 0.29) is 24.7 Å². The summed E-state index contributed by atoms with van der Waals surface area (Å²) in [5.41, 5.74) is 5.41. The molecule has 2 N–H and O–H groups in total. The van der Waals surface area contributed by atoms with E-state index in [0.29, 0.717) is 5.57 Å². The van der Waals surface area contributed by atoms with Gasteiger partial charge in [0.25, 0.3) is 0 Å². The normalized spacial score (nSPS) is 6.57.